The molecule has 0 aliphatic heterocycles. The molecule has 2 aromatic rings. The highest BCUT2D eigenvalue weighted by Crippen LogP contribution is 2.31. The van der Waals surface area contributed by atoms with E-state index < -0.39 is 0 Å². The lowest BCUT2D eigenvalue weighted by molar-refractivity contribution is 0.0933. The highest BCUT2D eigenvalue weighted by Gasteiger charge is 2.24. The fourth-order valence-electron chi connectivity index (χ4n) is 2.67. The first-order valence-corrected chi connectivity index (χ1v) is 7.89. The first-order chi connectivity index (χ1) is 9.79. The van der Waals surface area contributed by atoms with Gasteiger partial charge in [-0.2, -0.15) is 0 Å². The van der Waals surface area contributed by atoms with Crippen LogP contribution in [0.4, 0.5) is 0 Å². The predicted octanol–water partition coefficient (Wildman–Crippen LogP) is 3.22. The number of hydrogen-bond acceptors (Lipinski definition) is 3. The summed E-state index contributed by atoms with van der Waals surface area (Å²) < 4.78 is 0. The molecular weight excluding hydrogens is 268 g/mol. The van der Waals surface area contributed by atoms with Crippen molar-refractivity contribution in [3.8, 4) is 0 Å². The van der Waals surface area contributed by atoms with Gasteiger partial charge >= 0.3 is 0 Å². The van der Waals surface area contributed by atoms with Gasteiger partial charge in [-0.25, -0.2) is 4.98 Å². The van der Waals surface area contributed by atoms with Gasteiger partial charge in [0.05, 0.1) is 11.6 Å². The van der Waals surface area contributed by atoms with E-state index in [0.29, 0.717) is 5.56 Å². The molecule has 1 atom stereocenters. The molecule has 3 nitrogen and oxygen atoms in total. The van der Waals surface area contributed by atoms with E-state index in [4.69, 9.17) is 0 Å². The van der Waals surface area contributed by atoms with Gasteiger partial charge in [0.15, 0.2) is 0 Å². The van der Waals surface area contributed by atoms with Gasteiger partial charge in [-0.1, -0.05) is 24.3 Å². The summed E-state index contributed by atoms with van der Waals surface area (Å²) in [4.78, 5) is 16.7. The maximum Gasteiger partial charge on any atom is 0.254 e. The molecule has 1 aromatic heterocycles. The molecule has 0 radical (unpaired) electrons. The zero-order chi connectivity index (χ0) is 13.9. The van der Waals surface area contributed by atoms with E-state index in [9.17, 15) is 4.79 Å². The van der Waals surface area contributed by atoms with Crippen molar-refractivity contribution in [2.75, 3.05) is 6.26 Å². The Hall–Kier alpha value is -1.81. The summed E-state index contributed by atoms with van der Waals surface area (Å²) in [6, 6.07) is 12.1. The molecule has 1 aromatic carbocycles. The van der Waals surface area contributed by atoms with Gasteiger partial charge < -0.3 is 5.32 Å². The highest BCUT2D eigenvalue weighted by atomic mass is 32.2. The third-order valence-electron chi connectivity index (χ3n) is 3.65. The summed E-state index contributed by atoms with van der Waals surface area (Å²) in [6.45, 7) is 0. The Morgan fingerprint density at radius 2 is 2.15 bits per heavy atom. The Labute approximate surface area is 122 Å². The smallest absolute Gasteiger partial charge is 0.254 e. The highest BCUT2D eigenvalue weighted by molar-refractivity contribution is 7.98. The average molecular weight is 284 g/mol. The Bertz CT molecular complexity index is 642. The quantitative estimate of drug-likeness (QED) is 0.880. The van der Waals surface area contributed by atoms with Gasteiger partial charge in [0.2, 0.25) is 0 Å². The summed E-state index contributed by atoms with van der Waals surface area (Å²) in [7, 11) is 0. The Kier molecular flexibility index (Phi) is 3.74. The van der Waals surface area contributed by atoms with E-state index in [1.54, 1.807) is 12.3 Å². The number of rotatable bonds is 3. The van der Waals surface area contributed by atoms with Crippen molar-refractivity contribution in [3.05, 3.63) is 59.3 Å². The van der Waals surface area contributed by atoms with Gasteiger partial charge in [-0.15, -0.1) is 11.8 Å². The second kappa shape index (κ2) is 5.67. The van der Waals surface area contributed by atoms with Crippen LogP contribution in [0, 0.1) is 0 Å². The van der Waals surface area contributed by atoms with Crippen LogP contribution >= 0.6 is 11.8 Å². The van der Waals surface area contributed by atoms with Crippen molar-refractivity contribution in [1.29, 1.82) is 0 Å². The zero-order valence-electron chi connectivity index (χ0n) is 11.3. The van der Waals surface area contributed by atoms with Crippen molar-refractivity contribution in [3.63, 3.8) is 0 Å². The van der Waals surface area contributed by atoms with E-state index in [1.807, 2.05) is 18.4 Å². The zero-order valence-corrected chi connectivity index (χ0v) is 12.1. The topological polar surface area (TPSA) is 42.0 Å². The second-order valence-electron chi connectivity index (χ2n) is 4.82. The molecule has 0 unspecified atom stereocenters. The molecule has 1 aliphatic rings. The van der Waals surface area contributed by atoms with Crippen LogP contribution < -0.4 is 5.32 Å². The number of pyridine rings is 1. The molecule has 102 valence electrons. The minimum Gasteiger partial charge on any atom is -0.345 e. The van der Waals surface area contributed by atoms with Crippen molar-refractivity contribution in [2.24, 2.45) is 0 Å². The second-order valence-corrected chi connectivity index (χ2v) is 5.62. The number of carbonyl (C=O) groups is 1. The van der Waals surface area contributed by atoms with E-state index in [0.717, 1.165) is 17.9 Å². The number of nitrogens with zero attached hydrogens (tertiary/aromatic N) is 1. The molecule has 1 heterocycles. The minimum atomic E-state index is -0.0378. The SMILES string of the molecule is CSc1ncccc1C(=O)N[C@H]1CCc2ccccc21. The number of aromatic nitrogens is 1. The average Bonchev–Trinajstić information content (AvgIpc) is 2.90. The third-order valence-corrected chi connectivity index (χ3v) is 4.36. The molecule has 0 fully saturated rings. The molecule has 0 bridgehead atoms. The lowest BCUT2D eigenvalue weighted by Crippen LogP contribution is -2.27. The lowest BCUT2D eigenvalue weighted by Gasteiger charge is -2.15. The van der Waals surface area contributed by atoms with Gasteiger partial charge in [-0.05, 0) is 42.4 Å². The monoisotopic (exact) mass is 284 g/mol. The van der Waals surface area contributed by atoms with Crippen LogP contribution in [0.5, 0.6) is 0 Å². The number of hydrogen-bond donors (Lipinski definition) is 1. The van der Waals surface area contributed by atoms with Gasteiger partial charge in [0.25, 0.3) is 5.91 Å². The number of carbonyl (C=O) groups excluding carboxylic acids is 1. The molecule has 0 spiro atoms. The Morgan fingerprint density at radius 3 is 3.00 bits per heavy atom. The number of fused-ring (bicyclic) bond motifs is 1. The molecule has 20 heavy (non-hydrogen) atoms. The van der Waals surface area contributed by atoms with Crippen LogP contribution in [0.3, 0.4) is 0 Å². The largest absolute Gasteiger partial charge is 0.345 e. The van der Waals surface area contributed by atoms with E-state index in [2.05, 4.69) is 28.5 Å². The predicted molar refractivity (Wildman–Crippen MR) is 81.0 cm³/mol. The number of nitrogens with one attached hydrogen (secondary N) is 1. The summed E-state index contributed by atoms with van der Waals surface area (Å²) in [5.41, 5.74) is 3.24. The molecule has 0 saturated carbocycles. The number of aryl methyl sites for hydroxylation is 1. The summed E-state index contributed by atoms with van der Waals surface area (Å²) >= 11 is 1.50. The first kappa shape index (κ1) is 13.2. The number of benzene rings is 1. The first-order valence-electron chi connectivity index (χ1n) is 6.67. The number of thioether (sulfide) groups is 1. The molecule has 0 saturated heterocycles. The summed E-state index contributed by atoms with van der Waals surface area (Å²) in [5, 5.41) is 3.91. The third kappa shape index (κ3) is 2.43. The molecule has 1 aliphatic carbocycles. The summed E-state index contributed by atoms with van der Waals surface area (Å²) in [6.07, 6.45) is 5.65. The molecule has 4 heteroatoms. The standard InChI is InChI=1S/C16H16N2OS/c1-20-16-13(7-4-10-17-16)15(19)18-14-9-8-11-5-2-3-6-12(11)14/h2-7,10,14H,8-9H2,1H3,(H,18,19)/t14-/m0/s1. The Morgan fingerprint density at radius 1 is 1.30 bits per heavy atom. The van der Waals surface area contributed by atoms with Gasteiger partial charge in [-0.3, -0.25) is 4.79 Å². The van der Waals surface area contributed by atoms with Crippen LogP contribution in [-0.2, 0) is 6.42 Å². The van der Waals surface area contributed by atoms with E-state index in [-0.39, 0.29) is 11.9 Å². The fraction of sp³-hybridized carbons (Fsp3) is 0.250. The molecule has 1 amide bonds. The molecular formula is C16H16N2OS. The van der Waals surface area contributed by atoms with Crippen LogP contribution in [0.1, 0.15) is 33.9 Å². The summed E-state index contributed by atoms with van der Waals surface area (Å²) in [5.74, 6) is -0.0378. The van der Waals surface area contributed by atoms with Gasteiger partial charge in [0, 0.05) is 6.20 Å². The van der Waals surface area contributed by atoms with E-state index in [1.165, 1.54) is 22.9 Å². The van der Waals surface area contributed by atoms with Crippen molar-refractivity contribution < 1.29 is 4.79 Å². The van der Waals surface area contributed by atoms with E-state index >= 15 is 0 Å². The number of amides is 1. The van der Waals surface area contributed by atoms with Crippen LogP contribution in [0.15, 0.2) is 47.6 Å². The fourth-order valence-corrected chi connectivity index (χ4v) is 3.22. The maximum atomic E-state index is 12.4. The van der Waals surface area contributed by atoms with Crippen molar-refractivity contribution in [2.45, 2.75) is 23.9 Å². The van der Waals surface area contributed by atoms with Crippen LogP contribution in [0.25, 0.3) is 0 Å². The lowest BCUT2D eigenvalue weighted by atomic mass is 10.1. The minimum absolute atomic E-state index is 0.0378. The molecule has 1 N–H and O–H groups in total. The Balaban J connectivity index is 1.81. The maximum absolute atomic E-state index is 12.4. The van der Waals surface area contributed by atoms with Crippen molar-refractivity contribution >= 4 is 17.7 Å². The van der Waals surface area contributed by atoms with Crippen LogP contribution in [0.2, 0.25) is 0 Å². The molecule has 3 rings (SSSR count). The van der Waals surface area contributed by atoms with Gasteiger partial charge in [0.1, 0.15) is 5.03 Å². The normalized spacial score (nSPS) is 16.8. The van der Waals surface area contributed by atoms with Crippen molar-refractivity contribution in [1.82, 2.24) is 10.3 Å². The van der Waals surface area contributed by atoms with Crippen LogP contribution in [-0.4, -0.2) is 17.1 Å².